The molecule has 4 atom stereocenters. The Kier molecular flexibility index (Phi) is 10.6. The van der Waals surface area contributed by atoms with Gasteiger partial charge >= 0.3 is 0 Å². The van der Waals surface area contributed by atoms with E-state index in [1.54, 1.807) is 12.1 Å². The molecule has 1 spiro atoms. The number of Topliss-reactive ketones (excluding diaryl/α,β-unsaturated/α-hetero) is 1. The van der Waals surface area contributed by atoms with Crippen LogP contribution in [0.3, 0.4) is 0 Å². The van der Waals surface area contributed by atoms with Gasteiger partial charge in [-0.3, -0.25) is 34.3 Å². The summed E-state index contributed by atoms with van der Waals surface area (Å²) >= 11 is 6.22. The summed E-state index contributed by atoms with van der Waals surface area (Å²) in [6, 6.07) is 4.16. The van der Waals surface area contributed by atoms with Crippen LogP contribution in [0.4, 0.5) is 0 Å². The number of amides is 4. The lowest BCUT2D eigenvalue weighted by Gasteiger charge is -2.36. The normalized spacial score (nSPS) is 22.5. The van der Waals surface area contributed by atoms with Crippen LogP contribution in [0.2, 0.25) is 5.02 Å². The molecule has 4 rings (SSSR count). The smallest absolute Gasteiger partial charge is 0.289 e. The molecular formula is C34H48ClN5O6. The third kappa shape index (κ3) is 8.88. The Morgan fingerprint density at radius 1 is 1.09 bits per heavy atom. The van der Waals surface area contributed by atoms with Gasteiger partial charge in [0.1, 0.15) is 17.7 Å². The molecule has 0 unspecified atom stereocenters. The molecule has 0 radical (unpaired) electrons. The number of nitrogens with one attached hydrogen (secondary N) is 4. The summed E-state index contributed by atoms with van der Waals surface area (Å²) in [5.74, 6) is -2.71. The summed E-state index contributed by atoms with van der Waals surface area (Å²) in [7, 11) is 0. The number of hydrogen-bond donors (Lipinski definition) is 4. The average molecular weight is 658 g/mol. The Morgan fingerprint density at radius 3 is 2.37 bits per heavy atom. The van der Waals surface area contributed by atoms with Gasteiger partial charge in [0.2, 0.25) is 23.5 Å². The molecule has 1 aromatic rings. The molecule has 3 aliphatic rings. The van der Waals surface area contributed by atoms with E-state index in [1.807, 2.05) is 66.7 Å². The number of rotatable bonds is 11. The third-order valence-corrected chi connectivity index (χ3v) is 8.54. The molecule has 1 aliphatic carbocycles. The van der Waals surface area contributed by atoms with E-state index < -0.39 is 52.6 Å². The minimum atomic E-state index is -1.08. The number of benzene rings is 1. The maximum atomic E-state index is 14.4. The van der Waals surface area contributed by atoms with Crippen molar-refractivity contribution in [3.05, 3.63) is 40.9 Å². The van der Waals surface area contributed by atoms with E-state index in [0.717, 1.165) is 18.4 Å². The number of halogens is 1. The predicted octanol–water partition coefficient (Wildman–Crippen LogP) is 3.66. The maximum Gasteiger partial charge on any atom is 0.289 e. The van der Waals surface area contributed by atoms with Crippen molar-refractivity contribution in [3.8, 4) is 0 Å². The SMILES string of the molecule is CCC[C@H](NC(=O)[C@@H]1C[C@]2(C=C(c3cccc(Cl)c3)NO2)CN1C(=O)[C@@H](NC(=O)CC(C)(C)C)C(C)(C)C)C(=O)C(=O)NC1CC1. The number of ketones is 1. The van der Waals surface area contributed by atoms with Crippen LogP contribution in [-0.2, 0) is 28.8 Å². The minimum Gasteiger partial charge on any atom is -0.347 e. The van der Waals surface area contributed by atoms with Crippen molar-refractivity contribution in [2.24, 2.45) is 10.8 Å². The fraction of sp³-hybridized carbons (Fsp3) is 0.618. The second-order valence-electron chi connectivity index (χ2n) is 15.1. The monoisotopic (exact) mass is 657 g/mol. The number of nitrogens with zero attached hydrogens (tertiary/aromatic N) is 1. The highest BCUT2D eigenvalue weighted by molar-refractivity contribution is 6.38. The molecule has 12 heteroatoms. The molecule has 4 amide bonds. The van der Waals surface area contributed by atoms with E-state index in [4.69, 9.17) is 16.4 Å². The zero-order chi connectivity index (χ0) is 34.0. The first-order valence-electron chi connectivity index (χ1n) is 16.1. The summed E-state index contributed by atoms with van der Waals surface area (Å²) in [4.78, 5) is 74.8. The second kappa shape index (κ2) is 13.7. The zero-order valence-corrected chi connectivity index (χ0v) is 28.7. The van der Waals surface area contributed by atoms with Crippen molar-refractivity contribution in [1.29, 1.82) is 0 Å². The van der Waals surface area contributed by atoms with Crippen molar-refractivity contribution in [3.63, 3.8) is 0 Å². The lowest BCUT2D eigenvalue weighted by molar-refractivity contribution is -0.145. The molecule has 1 saturated heterocycles. The molecule has 0 aromatic heterocycles. The van der Waals surface area contributed by atoms with Gasteiger partial charge in [0.25, 0.3) is 5.91 Å². The van der Waals surface area contributed by atoms with Crippen LogP contribution in [0.15, 0.2) is 30.3 Å². The molecule has 1 aromatic carbocycles. The van der Waals surface area contributed by atoms with Crippen LogP contribution in [-0.4, -0.2) is 70.6 Å². The molecule has 2 aliphatic heterocycles. The highest BCUT2D eigenvalue weighted by Crippen LogP contribution is 2.39. The second-order valence-corrected chi connectivity index (χ2v) is 15.5. The molecule has 2 heterocycles. The Labute approximate surface area is 276 Å². The van der Waals surface area contributed by atoms with Gasteiger partial charge in [-0.15, -0.1) is 0 Å². The molecule has 46 heavy (non-hydrogen) atoms. The minimum absolute atomic E-state index is 0.00690. The van der Waals surface area contributed by atoms with Crippen LogP contribution >= 0.6 is 11.6 Å². The van der Waals surface area contributed by atoms with Crippen LogP contribution in [0.5, 0.6) is 0 Å². The van der Waals surface area contributed by atoms with Gasteiger partial charge in [-0.05, 0) is 48.3 Å². The van der Waals surface area contributed by atoms with E-state index in [9.17, 15) is 24.0 Å². The number of carbonyl (C=O) groups excluding carboxylic acids is 5. The topological polar surface area (TPSA) is 146 Å². The number of carbonyl (C=O) groups is 5. The van der Waals surface area contributed by atoms with E-state index in [2.05, 4.69) is 21.4 Å². The van der Waals surface area contributed by atoms with Gasteiger partial charge in [0.05, 0.1) is 18.3 Å². The summed E-state index contributed by atoms with van der Waals surface area (Å²) in [5, 5.41) is 8.95. The summed E-state index contributed by atoms with van der Waals surface area (Å²) in [6.07, 6.45) is 4.59. The van der Waals surface area contributed by atoms with E-state index >= 15 is 0 Å². The van der Waals surface area contributed by atoms with Crippen molar-refractivity contribution < 1.29 is 28.8 Å². The molecule has 252 valence electrons. The van der Waals surface area contributed by atoms with Crippen LogP contribution in [0.1, 0.15) is 92.6 Å². The zero-order valence-electron chi connectivity index (χ0n) is 27.9. The van der Waals surface area contributed by atoms with Gasteiger partial charge in [0.15, 0.2) is 0 Å². The summed E-state index contributed by atoms with van der Waals surface area (Å²) < 4.78 is 0. The van der Waals surface area contributed by atoms with Crippen molar-refractivity contribution in [1.82, 2.24) is 26.3 Å². The van der Waals surface area contributed by atoms with Crippen LogP contribution in [0, 0.1) is 10.8 Å². The predicted molar refractivity (Wildman–Crippen MR) is 175 cm³/mol. The van der Waals surface area contributed by atoms with Gasteiger partial charge in [0, 0.05) is 29.5 Å². The quantitative estimate of drug-likeness (QED) is 0.266. The lowest BCUT2D eigenvalue weighted by atomic mass is 9.84. The maximum absolute atomic E-state index is 14.4. The van der Waals surface area contributed by atoms with Gasteiger partial charge in [-0.25, -0.2) is 0 Å². The summed E-state index contributed by atoms with van der Waals surface area (Å²) in [5.41, 5.74) is 2.28. The molecular weight excluding hydrogens is 610 g/mol. The fourth-order valence-electron chi connectivity index (χ4n) is 5.80. The molecule has 1 saturated carbocycles. The van der Waals surface area contributed by atoms with Crippen LogP contribution < -0.4 is 21.4 Å². The van der Waals surface area contributed by atoms with Crippen molar-refractivity contribution in [2.75, 3.05) is 6.54 Å². The number of likely N-dealkylation sites (tertiary alicyclic amines) is 1. The lowest BCUT2D eigenvalue weighted by Crippen LogP contribution is -2.59. The molecule has 0 bridgehead atoms. The molecule has 2 fully saturated rings. The largest absolute Gasteiger partial charge is 0.347 e. The van der Waals surface area contributed by atoms with Gasteiger partial charge < -0.3 is 20.9 Å². The van der Waals surface area contributed by atoms with E-state index in [-0.39, 0.29) is 43.2 Å². The fourth-order valence-corrected chi connectivity index (χ4v) is 5.99. The highest BCUT2D eigenvalue weighted by Gasteiger charge is 2.54. The first-order chi connectivity index (χ1) is 21.4. The van der Waals surface area contributed by atoms with Crippen molar-refractivity contribution in [2.45, 2.75) is 117 Å². The standard InChI is InChI=1S/C34H48ClN5O6/c1-8-10-23(27(42)30(44)36-22-13-14-22)37-29(43)25-17-34(16-24(39-46-34)20-11-9-12-21(35)15-20)19-40(25)31(45)28(33(5,6)7)38-26(41)18-32(2,3)4/h9,11-12,15-16,22-23,25,28,39H,8,10,13-14,17-19H2,1-7H3,(H,36,44)(H,37,43)(H,38,41)/t23-,25-,28+,34+/m0/s1. The molecule has 4 N–H and O–H groups in total. The number of hydrogen-bond acceptors (Lipinski definition) is 7. The average Bonchev–Trinajstić information content (AvgIpc) is 3.54. The Balaban J connectivity index is 1.65. The first-order valence-corrected chi connectivity index (χ1v) is 16.5. The van der Waals surface area contributed by atoms with Crippen molar-refractivity contribution >= 4 is 46.7 Å². The van der Waals surface area contributed by atoms with Gasteiger partial charge in [-0.2, -0.15) is 0 Å². The number of hydroxylamine groups is 1. The Hall–Kier alpha value is -3.44. The first kappa shape index (κ1) is 35.4. The van der Waals surface area contributed by atoms with Gasteiger partial charge in [-0.1, -0.05) is 78.6 Å². The Morgan fingerprint density at radius 2 is 1.78 bits per heavy atom. The highest BCUT2D eigenvalue weighted by atomic mass is 35.5. The summed E-state index contributed by atoms with van der Waals surface area (Å²) in [6.45, 7) is 13.3. The molecule has 11 nitrogen and oxygen atoms in total. The van der Waals surface area contributed by atoms with E-state index in [1.165, 1.54) is 4.90 Å². The van der Waals surface area contributed by atoms with E-state index in [0.29, 0.717) is 17.1 Å². The third-order valence-electron chi connectivity index (χ3n) is 8.30. The van der Waals surface area contributed by atoms with Crippen LogP contribution in [0.25, 0.3) is 5.70 Å². The Bertz CT molecular complexity index is 1390.